The monoisotopic (exact) mass is 391 g/mol. The normalized spacial score (nSPS) is 16.9. The average molecular weight is 391 g/mol. The Morgan fingerprint density at radius 3 is 2.83 bits per heavy atom. The van der Waals surface area contributed by atoms with Crippen molar-refractivity contribution in [2.24, 2.45) is 7.05 Å². The summed E-state index contributed by atoms with van der Waals surface area (Å²) < 4.78 is 7.55. The molecule has 7 nitrogen and oxygen atoms in total. The van der Waals surface area contributed by atoms with E-state index in [1.807, 2.05) is 24.1 Å². The third-order valence-corrected chi connectivity index (χ3v) is 5.97. The highest BCUT2D eigenvalue weighted by Crippen LogP contribution is 2.27. The molecule has 0 radical (unpaired) electrons. The molecule has 5 rings (SSSR count). The number of para-hydroxylation sites is 1. The maximum atomic E-state index is 13.1. The number of aryl methyl sites for hydroxylation is 1. The Morgan fingerprint density at radius 2 is 1.97 bits per heavy atom. The van der Waals surface area contributed by atoms with Crippen molar-refractivity contribution < 1.29 is 9.53 Å². The second-order valence-corrected chi connectivity index (χ2v) is 7.75. The van der Waals surface area contributed by atoms with Crippen LogP contribution in [0.15, 0.2) is 36.8 Å². The number of rotatable bonds is 3. The van der Waals surface area contributed by atoms with Crippen LogP contribution in [0.25, 0.3) is 10.9 Å². The van der Waals surface area contributed by atoms with Gasteiger partial charge in [-0.2, -0.15) is 0 Å². The maximum Gasteiger partial charge on any atom is 0.227 e. The second kappa shape index (κ2) is 7.48. The molecule has 7 heteroatoms. The smallest absolute Gasteiger partial charge is 0.227 e. The van der Waals surface area contributed by atoms with Crippen LogP contribution in [0.3, 0.4) is 0 Å². The fourth-order valence-electron chi connectivity index (χ4n) is 4.44. The summed E-state index contributed by atoms with van der Waals surface area (Å²) in [6.45, 7) is 4.43. The van der Waals surface area contributed by atoms with Gasteiger partial charge in [0.05, 0.1) is 31.9 Å². The van der Waals surface area contributed by atoms with Crippen LogP contribution in [-0.2, 0) is 36.0 Å². The van der Waals surface area contributed by atoms with Gasteiger partial charge in [-0.3, -0.25) is 4.79 Å². The Hall–Kier alpha value is -2.93. The Morgan fingerprint density at radius 1 is 1.14 bits per heavy atom. The van der Waals surface area contributed by atoms with Crippen LogP contribution >= 0.6 is 0 Å². The van der Waals surface area contributed by atoms with Crippen LogP contribution < -0.4 is 4.90 Å². The van der Waals surface area contributed by atoms with Crippen molar-refractivity contribution in [2.75, 3.05) is 37.7 Å². The van der Waals surface area contributed by atoms with Gasteiger partial charge in [-0.25, -0.2) is 9.97 Å². The third-order valence-electron chi connectivity index (χ3n) is 5.97. The second-order valence-electron chi connectivity index (χ2n) is 7.75. The Balaban J connectivity index is 1.35. The van der Waals surface area contributed by atoms with E-state index in [0.29, 0.717) is 19.5 Å². The molecule has 1 saturated heterocycles. The number of carbonyl (C=O) groups is 1. The predicted octanol–water partition coefficient (Wildman–Crippen LogP) is 1.93. The Labute approximate surface area is 169 Å². The molecule has 0 saturated carbocycles. The van der Waals surface area contributed by atoms with Crippen LogP contribution in [0.2, 0.25) is 0 Å². The molecule has 29 heavy (non-hydrogen) atoms. The van der Waals surface area contributed by atoms with E-state index >= 15 is 0 Å². The molecular formula is C22H25N5O2. The molecule has 150 valence electrons. The Bertz CT molecular complexity index is 1050. The molecule has 1 amide bonds. The first-order valence-electron chi connectivity index (χ1n) is 10.2. The number of carbonyl (C=O) groups excluding carboxylic acids is 1. The standard InChI is InChI=1S/C22H25N5O2/c1-25-13-16(17-4-2-3-5-20(17)25)12-21(28)27-7-6-18-19(14-27)23-15-24-22(18)26-8-10-29-11-9-26/h2-5,13,15H,6-12,14H2,1H3. The van der Waals surface area contributed by atoms with E-state index in [0.717, 1.165) is 60.7 Å². The maximum absolute atomic E-state index is 13.1. The molecule has 0 bridgehead atoms. The van der Waals surface area contributed by atoms with Gasteiger partial charge in [0, 0.05) is 49.3 Å². The average Bonchev–Trinajstić information content (AvgIpc) is 3.09. The van der Waals surface area contributed by atoms with Gasteiger partial charge in [0.15, 0.2) is 0 Å². The highest BCUT2D eigenvalue weighted by atomic mass is 16.5. The summed E-state index contributed by atoms with van der Waals surface area (Å²) in [7, 11) is 2.03. The first-order valence-corrected chi connectivity index (χ1v) is 10.2. The van der Waals surface area contributed by atoms with E-state index in [1.165, 1.54) is 5.56 Å². The first kappa shape index (κ1) is 18.1. The van der Waals surface area contributed by atoms with Crippen LogP contribution in [0, 0.1) is 0 Å². The fourth-order valence-corrected chi connectivity index (χ4v) is 4.44. The van der Waals surface area contributed by atoms with E-state index in [1.54, 1.807) is 6.33 Å². The molecule has 2 aliphatic rings. The van der Waals surface area contributed by atoms with Crippen molar-refractivity contribution in [3.63, 3.8) is 0 Å². The number of fused-ring (bicyclic) bond motifs is 2. The zero-order valence-corrected chi connectivity index (χ0v) is 16.7. The van der Waals surface area contributed by atoms with Gasteiger partial charge in [-0.1, -0.05) is 18.2 Å². The summed E-state index contributed by atoms with van der Waals surface area (Å²) in [5, 5.41) is 1.15. The van der Waals surface area contributed by atoms with Gasteiger partial charge in [-0.15, -0.1) is 0 Å². The van der Waals surface area contributed by atoms with Crippen molar-refractivity contribution in [1.82, 2.24) is 19.4 Å². The van der Waals surface area contributed by atoms with Crippen LogP contribution in [0.1, 0.15) is 16.8 Å². The quantitative estimate of drug-likeness (QED) is 0.683. The molecular weight excluding hydrogens is 366 g/mol. The number of hydrogen-bond donors (Lipinski definition) is 0. The molecule has 1 aromatic carbocycles. The lowest BCUT2D eigenvalue weighted by atomic mass is 10.0. The molecule has 3 aromatic rings. The Kier molecular flexibility index (Phi) is 4.67. The van der Waals surface area contributed by atoms with Crippen LogP contribution in [-0.4, -0.2) is 58.2 Å². The van der Waals surface area contributed by atoms with Gasteiger partial charge in [-0.05, 0) is 18.1 Å². The van der Waals surface area contributed by atoms with E-state index in [-0.39, 0.29) is 5.91 Å². The van der Waals surface area contributed by atoms with Gasteiger partial charge >= 0.3 is 0 Å². The molecule has 0 spiro atoms. The topological polar surface area (TPSA) is 63.5 Å². The number of aromatic nitrogens is 3. The fraction of sp³-hybridized carbons (Fsp3) is 0.409. The summed E-state index contributed by atoms with van der Waals surface area (Å²) in [5.41, 5.74) is 4.39. The number of ether oxygens (including phenoxy) is 1. The number of nitrogens with zero attached hydrogens (tertiary/aromatic N) is 5. The number of benzene rings is 1. The number of hydrogen-bond acceptors (Lipinski definition) is 5. The van der Waals surface area contributed by atoms with E-state index in [9.17, 15) is 4.79 Å². The van der Waals surface area contributed by atoms with Crippen molar-refractivity contribution in [3.8, 4) is 0 Å². The van der Waals surface area contributed by atoms with E-state index in [4.69, 9.17) is 4.74 Å². The zero-order valence-electron chi connectivity index (χ0n) is 16.7. The lowest BCUT2D eigenvalue weighted by molar-refractivity contribution is -0.131. The van der Waals surface area contributed by atoms with Crippen LogP contribution in [0.4, 0.5) is 5.82 Å². The summed E-state index contributed by atoms with van der Waals surface area (Å²) in [6.07, 6.45) is 4.91. The highest BCUT2D eigenvalue weighted by molar-refractivity contribution is 5.89. The molecule has 0 aliphatic carbocycles. The molecule has 2 aliphatic heterocycles. The van der Waals surface area contributed by atoms with Crippen molar-refractivity contribution in [2.45, 2.75) is 19.4 Å². The molecule has 1 fully saturated rings. The van der Waals surface area contributed by atoms with Gasteiger partial charge in [0.1, 0.15) is 12.1 Å². The summed E-state index contributed by atoms with van der Waals surface area (Å²) in [4.78, 5) is 26.3. The van der Waals surface area contributed by atoms with Gasteiger partial charge in [0.2, 0.25) is 5.91 Å². The van der Waals surface area contributed by atoms with Gasteiger partial charge < -0.3 is 19.1 Å². The predicted molar refractivity (Wildman–Crippen MR) is 111 cm³/mol. The number of morpholine rings is 1. The van der Waals surface area contributed by atoms with Crippen molar-refractivity contribution in [3.05, 3.63) is 53.6 Å². The largest absolute Gasteiger partial charge is 0.378 e. The molecule has 2 aromatic heterocycles. The number of amides is 1. The minimum Gasteiger partial charge on any atom is -0.378 e. The van der Waals surface area contributed by atoms with Gasteiger partial charge in [0.25, 0.3) is 0 Å². The minimum absolute atomic E-state index is 0.151. The van der Waals surface area contributed by atoms with E-state index < -0.39 is 0 Å². The summed E-state index contributed by atoms with van der Waals surface area (Å²) >= 11 is 0. The number of anilines is 1. The zero-order chi connectivity index (χ0) is 19.8. The van der Waals surface area contributed by atoms with Crippen LogP contribution in [0.5, 0.6) is 0 Å². The highest BCUT2D eigenvalue weighted by Gasteiger charge is 2.27. The lowest BCUT2D eigenvalue weighted by Crippen LogP contribution is -2.41. The SMILES string of the molecule is Cn1cc(CC(=O)N2CCc3c(ncnc3N3CCOCC3)C2)c2ccccc21. The molecule has 0 atom stereocenters. The molecule has 4 heterocycles. The summed E-state index contributed by atoms with van der Waals surface area (Å²) in [5.74, 6) is 1.16. The molecule has 0 unspecified atom stereocenters. The minimum atomic E-state index is 0.151. The summed E-state index contributed by atoms with van der Waals surface area (Å²) in [6, 6.07) is 8.23. The van der Waals surface area contributed by atoms with E-state index in [2.05, 4.69) is 37.8 Å². The van der Waals surface area contributed by atoms with Crippen molar-refractivity contribution in [1.29, 1.82) is 0 Å². The van der Waals surface area contributed by atoms with Crippen molar-refractivity contribution >= 4 is 22.6 Å². The first-order chi connectivity index (χ1) is 14.2. The third kappa shape index (κ3) is 3.35. The molecule has 0 N–H and O–H groups in total. The lowest BCUT2D eigenvalue weighted by Gasteiger charge is -2.33.